The Balaban J connectivity index is 1.84. The van der Waals surface area contributed by atoms with Gasteiger partial charge in [-0.05, 0) is 49.6 Å². The second kappa shape index (κ2) is 6.22. The molecule has 27 heavy (non-hydrogen) atoms. The molecule has 0 bridgehead atoms. The maximum absolute atomic E-state index is 12.8. The number of aromatic nitrogens is 1. The number of allylic oxidation sites excluding steroid dienone is 1. The normalized spacial score (nSPS) is 16.0. The van der Waals surface area contributed by atoms with E-state index in [0.29, 0.717) is 23.5 Å². The summed E-state index contributed by atoms with van der Waals surface area (Å²) in [7, 11) is -4.17. The third-order valence-electron chi connectivity index (χ3n) is 4.30. The molecule has 1 amide bonds. The highest BCUT2D eigenvalue weighted by atomic mass is 32.2. The van der Waals surface area contributed by atoms with Crippen LogP contribution in [0.4, 0.5) is 19.0 Å². The molecule has 2 aromatic rings. The third kappa shape index (κ3) is 3.36. The summed E-state index contributed by atoms with van der Waals surface area (Å²) >= 11 is 0. The van der Waals surface area contributed by atoms with Crippen LogP contribution in [0.25, 0.3) is 5.57 Å². The Kier molecular flexibility index (Phi) is 4.41. The third-order valence-corrected chi connectivity index (χ3v) is 6.81. The minimum Gasteiger partial charge on any atom is -0.354 e. The van der Waals surface area contributed by atoms with Crippen LogP contribution in [0, 0.1) is 0 Å². The molecular weight excluding hydrogens is 385 g/mol. The molecule has 1 saturated carbocycles. The van der Waals surface area contributed by atoms with Gasteiger partial charge in [0.25, 0.3) is 0 Å². The summed E-state index contributed by atoms with van der Waals surface area (Å²) in [4.78, 5) is 12.2. The Morgan fingerprint density at radius 3 is 2.30 bits per heavy atom. The number of benzene rings is 1. The number of hydrogen-bond acceptors (Lipinski definition) is 5. The largest absolute Gasteiger partial charge is 0.416 e. The van der Waals surface area contributed by atoms with Gasteiger partial charge in [0.05, 0.1) is 10.5 Å². The molecule has 1 N–H and O–H groups in total. The van der Waals surface area contributed by atoms with Crippen molar-refractivity contribution in [3.05, 3.63) is 48.2 Å². The van der Waals surface area contributed by atoms with Crippen LogP contribution >= 0.6 is 0 Å². The van der Waals surface area contributed by atoms with E-state index in [9.17, 15) is 26.4 Å². The molecule has 0 radical (unpaired) electrons. The van der Waals surface area contributed by atoms with E-state index in [1.165, 1.54) is 6.07 Å². The van der Waals surface area contributed by atoms with Crippen molar-refractivity contribution in [3.8, 4) is 0 Å². The molecule has 1 heterocycles. The predicted octanol–water partition coefficient (Wildman–Crippen LogP) is 3.67. The summed E-state index contributed by atoms with van der Waals surface area (Å²) in [5.74, 6) is -0.434. The van der Waals surface area contributed by atoms with E-state index in [0.717, 1.165) is 12.1 Å². The van der Waals surface area contributed by atoms with Crippen molar-refractivity contribution in [3.63, 3.8) is 0 Å². The number of halogens is 3. The molecule has 3 rings (SSSR count). The Bertz CT molecular complexity index is 1000. The molecule has 0 saturated heterocycles. The van der Waals surface area contributed by atoms with Crippen LogP contribution in [0.3, 0.4) is 0 Å². The fraction of sp³-hybridized carbons (Fsp3) is 0.294. The van der Waals surface area contributed by atoms with Gasteiger partial charge in [-0.2, -0.15) is 13.2 Å². The van der Waals surface area contributed by atoms with Crippen LogP contribution in [0.5, 0.6) is 0 Å². The SMILES string of the molecule is C=C(C)c1cc(NC(=O)C2(S(=O)(=O)c3ccc(C(F)(F)F)cc3)CC2)no1. The zero-order chi connectivity index (χ0) is 20.0. The minimum absolute atomic E-state index is 0.0342. The summed E-state index contributed by atoms with van der Waals surface area (Å²) < 4.78 is 66.8. The zero-order valence-corrected chi connectivity index (χ0v) is 14.9. The van der Waals surface area contributed by atoms with Crippen molar-refractivity contribution in [2.75, 3.05) is 5.32 Å². The quantitative estimate of drug-likeness (QED) is 0.827. The molecule has 10 heteroatoms. The zero-order valence-electron chi connectivity index (χ0n) is 14.1. The van der Waals surface area contributed by atoms with Crippen molar-refractivity contribution < 1.29 is 30.9 Å². The van der Waals surface area contributed by atoms with Crippen LogP contribution in [0.2, 0.25) is 0 Å². The van der Waals surface area contributed by atoms with Crippen molar-refractivity contribution >= 4 is 27.1 Å². The molecular formula is C17H15F3N2O4S. The van der Waals surface area contributed by atoms with Crippen molar-refractivity contribution in [2.24, 2.45) is 0 Å². The van der Waals surface area contributed by atoms with E-state index < -0.39 is 32.2 Å². The first kappa shape index (κ1) is 19.2. The lowest BCUT2D eigenvalue weighted by Crippen LogP contribution is -2.37. The number of amides is 1. The van der Waals surface area contributed by atoms with E-state index in [4.69, 9.17) is 4.52 Å². The summed E-state index contributed by atoms with van der Waals surface area (Å²) in [5.41, 5.74) is -0.396. The molecule has 0 spiro atoms. The maximum atomic E-state index is 12.8. The fourth-order valence-electron chi connectivity index (χ4n) is 2.55. The van der Waals surface area contributed by atoms with Crippen molar-refractivity contribution in [1.82, 2.24) is 5.16 Å². The summed E-state index contributed by atoms with van der Waals surface area (Å²) in [6, 6.07) is 4.48. The van der Waals surface area contributed by atoms with Crippen LogP contribution in [-0.4, -0.2) is 24.2 Å². The van der Waals surface area contributed by atoms with E-state index in [-0.39, 0.29) is 23.6 Å². The molecule has 1 aliphatic carbocycles. The van der Waals surface area contributed by atoms with Gasteiger partial charge in [-0.1, -0.05) is 11.7 Å². The van der Waals surface area contributed by atoms with Gasteiger partial charge in [-0.25, -0.2) is 8.42 Å². The molecule has 1 aromatic carbocycles. The number of carbonyl (C=O) groups is 1. The van der Waals surface area contributed by atoms with Crippen molar-refractivity contribution in [1.29, 1.82) is 0 Å². The standard InChI is InChI=1S/C17H15F3N2O4S/c1-10(2)13-9-14(22-26-13)21-15(23)16(7-8-16)27(24,25)12-5-3-11(4-6-12)17(18,19)20/h3-6,9H,1,7-8H2,2H3,(H,21,22,23). The van der Waals surface area contributed by atoms with Crippen LogP contribution in [-0.2, 0) is 20.8 Å². The van der Waals surface area contributed by atoms with E-state index in [1.807, 2.05) is 0 Å². The van der Waals surface area contributed by atoms with Gasteiger partial charge in [0.1, 0.15) is 0 Å². The second-order valence-electron chi connectivity index (χ2n) is 6.33. The molecule has 6 nitrogen and oxygen atoms in total. The molecule has 144 valence electrons. The van der Waals surface area contributed by atoms with Gasteiger partial charge < -0.3 is 9.84 Å². The Hall–Kier alpha value is -2.62. The maximum Gasteiger partial charge on any atom is 0.416 e. The topological polar surface area (TPSA) is 89.3 Å². The lowest BCUT2D eigenvalue weighted by atomic mass is 10.2. The molecule has 0 aliphatic heterocycles. The van der Waals surface area contributed by atoms with Gasteiger partial charge in [0.15, 0.2) is 26.2 Å². The minimum atomic E-state index is -4.58. The molecule has 1 fully saturated rings. The Labute approximate surface area is 153 Å². The first-order chi connectivity index (χ1) is 12.5. The van der Waals surface area contributed by atoms with Crippen LogP contribution in [0.15, 0.2) is 46.3 Å². The number of carbonyl (C=O) groups excluding carboxylic acids is 1. The number of alkyl halides is 3. The van der Waals surface area contributed by atoms with E-state index in [1.54, 1.807) is 6.92 Å². The van der Waals surface area contributed by atoms with Gasteiger partial charge in [0, 0.05) is 6.07 Å². The summed E-state index contributed by atoms with van der Waals surface area (Å²) in [5, 5.41) is 6.01. The van der Waals surface area contributed by atoms with Gasteiger partial charge >= 0.3 is 6.18 Å². The fourth-order valence-corrected chi connectivity index (χ4v) is 4.43. The number of hydrogen-bond donors (Lipinski definition) is 1. The lowest BCUT2D eigenvalue weighted by molar-refractivity contribution is -0.137. The number of anilines is 1. The number of nitrogens with zero attached hydrogens (tertiary/aromatic N) is 1. The smallest absolute Gasteiger partial charge is 0.354 e. The Morgan fingerprint density at radius 1 is 1.26 bits per heavy atom. The van der Waals surface area contributed by atoms with Crippen LogP contribution in [0.1, 0.15) is 31.1 Å². The second-order valence-corrected chi connectivity index (χ2v) is 8.59. The van der Waals surface area contributed by atoms with Crippen molar-refractivity contribution in [2.45, 2.75) is 35.6 Å². The monoisotopic (exact) mass is 400 g/mol. The molecule has 0 unspecified atom stereocenters. The highest BCUT2D eigenvalue weighted by molar-refractivity contribution is 7.94. The highest BCUT2D eigenvalue weighted by Crippen LogP contribution is 2.48. The van der Waals surface area contributed by atoms with E-state index >= 15 is 0 Å². The first-order valence-electron chi connectivity index (χ1n) is 7.83. The van der Waals surface area contributed by atoms with Gasteiger partial charge in [0.2, 0.25) is 5.91 Å². The highest BCUT2D eigenvalue weighted by Gasteiger charge is 2.61. The predicted molar refractivity (Wildman–Crippen MR) is 90.4 cm³/mol. The number of rotatable bonds is 5. The lowest BCUT2D eigenvalue weighted by Gasteiger charge is -2.16. The average Bonchev–Trinajstić information content (AvgIpc) is 3.29. The average molecular weight is 400 g/mol. The van der Waals surface area contributed by atoms with Gasteiger partial charge in [-0.3, -0.25) is 4.79 Å². The number of sulfone groups is 1. The first-order valence-corrected chi connectivity index (χ1v) is 9.32. The van der Waals surface area contributed by atoms with E-state index in [2.05, 4.69) is 17.1 Å². The summed E-state index contributed by atoms with van der Waals surface area (Å²) in [6.45, 7) is 5.33. The molecule has 1 aromatic heterocycles. The van der Waals surface area contributed by atoms with Gasteiger partial charge in [-0.15, -0.1) is 0 Å². The van der Waals surface area contributed by atoms with Crippen LogP contribution < -0.4 is 5.32 Å². The Morgan fingerprint density at radius 2 is 1.85 bits per heavy atom. The number of nitrogens with one attached hydrogen (secondary N) is 1. The molecule has 1 aliphatic rings. The summed E-state index contributed by atoms with van der Waals surface area (Å²) in [6.07, 6.45) is -4.45. The molecule has 0 atom stereocenters.